The molecule has 0 saturated carbocycles. The fourth-order valence-corrected chi connectivity index (χ4v) is 3.63. The topological polar surface area (TPSA) is 64.1 Å². The van der Waals surface area contributed by atoms with Crippen LogP contribution < -0.4 is 20.1 Å². The monoisotopic (exact) mass is 401 g/mol. The molecule has 0 spiro atoms. The molecule has 6 nitrogen and oxygen atoms in total. The number of anilines is 1. The Morgan fingerprint density at radius 1 is 1.10 bits per heavy atom. The summed E-state index contributed by atoms with van der Waals surface area (Å²) in [6.45, 7) is 1.92. The van der Waals surface area contributed by atoms with Crippen LogP contribution in [0.5, 0.6) is 11.5 Å². The molecule has 0 amide bonds. The zero-order chi connectivity index (χ0) is 20.7. The summed E-state index contributed by atoms with van der Waals surface area (Å²) in [5.41, 5.74) is 1.59. The second-order valence-corrected chi connectivity index (χ2v) is 7.02. The normalized spacial score (nSPS) is 16.2. The van der Waals surface area contributed by atoms with Gasteiger partial charge in [-0.15, -0.1) is 0 Å². The van der Waals surface area contributed by atoms with Crippen molar-refractivity contribution < 1.29 is 18.6 Å². The van der Waals surface area contributed by atoms with Gasteiger partial charge in [-0.25, -0.2) is 4.39 Å². The summed E-state index contributed by atoms with van der Waals surface area (Å²) in [5.74, 6) is 1.70. The Labute approximate surface area is 171 Å². The lowest BCUT2D eigenvalue weighted by Crippen LogP contribution is -2.46. The fourth-order valence-electron chi connectivity index (χ4n) is 3.63. The van der Waals surface area contributed by atoms with E-state index in [9.17, 15) is 4.39 Å². The highest BCUT2D eigenvalue weighted by Gasteiger charge is 2.35. The average molecular weight is 401 g/mol. The number of halogens is 1. The number of aliphatic imine (C=N–C) groups is 1. The molecule has 2 aromatic rings. The van der Waals surface area contributed by atoms with Gasteiger partial charge < -0.3 is 24.8 Å². The SMILES string of the molecule is CN=C(NCC1(c2cccc(F)c2)CCOCC1)Nc1ccc(OC)c(OC)c1. The molecular formula is C22H28FN3O3. The van der Waals surface area contributed by atoms with Crippen LogP contribution in [-0.2, 0) is 10.2 Å². The Hall–Kier alpha value is -2.80. The molecule has 0 atom stereocenters. The minimum atomic E-state index is -0.221. The van der Waals surface area contributed by atoms with Gasteiger partial charge in [0.25, 0.3) is 0 Å². The second kappa shape index (κ2) is 9.60. The standard InChI is InChI=1S/C22H28FN3O3/c1-24-21(26-18-7-8-19(27-2)20(14-18)28-3)25-15-22(9-11-29-12-10-22)16-5-4-6-17(23)13-16/h4-8,13-14H,9-12,15H2,1-3H3,(H2,24,25,26). The van der Waals surface area contributed by atoms with Crippen molar-refractivity contribution >= 4 is 11.6 Å². The van der Waals surface area contributed by atoms with E-state index >= 15 is 0 Å². The molecule has 2 aromatic carbocycles. The van der Waals surface area contributed by atoms with E-state index in [4.69, 9.17) is 14.2 Å². The molecule has 156 valence electrons. The lowest BCUT2D eigenvalue weighted by Gasteiger charge is -2.38. The van der Waals surface area contributed by atoms with E-state index in [0.29, 0.717) is 37.2 Å². The number of hydrogen-bond donors (Lipinski definition) is 2. The third-order valence-electron chi connectivity index (χ3n) is 5.35. The van der Waals surface area contributed by atoms with Crippen LogP contribution in [0.25, 0.3) is 0 Å². The first kappa shape index (κ1) is 20.9. The Balaban J connectivity index is 1.74. The van der Waals surface area contributed by atoms with Gasteiger partial charge in [0.1, 0.15) is 5.82 Å². The van der Waals surface area contributed by atoms with Gasteiger partial charge in [-0.05, 0) is 42.7 Å². The summed E-state index contributed by atoms with van der Waals surface area (Å²) in [6.07, 6.45) is 1.63. The highest BCUT2D eigenvalue weighted by molar-refractivity contribution is 5.93. The molecule has 0 aliphatic carbocycles. The van der Waals surface area contributed by atoms with E-state index in [0.717, 1.165) is 24.1 Å². The lowest BCUT2D eigenvalue weighted by molar-refractivity contribution is 0.0513. The van der Waals surface area contributed by atoms with Gasteiger partial charge in [-0.2, -0.15) is 0 Å². The maximum Gasteiger partial charge on any atom is 0.195 e. The van der Waals surface area contributed by atoms with Crippen molar-refractivity contribution in [1.82, 2.24) is 5.32 Å². The van der Waals surface area contributed by atoms with Crippen molar-refractivity contribution in [2.45, 2.75) is 18.3 Å². The van der Waals surface area contributed by atoms with E-state index in [1.807, 2.05) is 24.3 Å². The molecule has 0 radical (unpaired) electrons. The molecule has 1 aliphatic rings. The first-order valence-electron chi connectivity index (χ1n) is 9.64. The maximum absolute atomic E-state index is 13.9. The molecule has 1 fully saturated rings. The molecule has 0 unspecified atom stereocenters. The van der Waals surface area contributed by atoms with Crippen LogP contribution in [0, 0.1) is 5.82 Å². The van der Waals surface area contributed by atoms with Gasteiger partial charge in [-0.1, -0.05) is 12.1 Å². The van der Waals surface area contributed by atoms with Crippen molar-refractivity contribution in [3.8, 4) is 11.5 Å². The average Bonchev–Trinajstić information content (AvgIpc) is 2.77. The van der Waals surface area contributed by atoms with Crippen LogP contribution in [0.3, 0.4) is 0 Å². The molecular weight excluding hydrogens is 373 g/mol. The summed E-state index contributed by atoms with van der Waals surface area (Å²) < 4.78 is 30.1. The van der Waals surface area contributed by atoms with Gasteiger partial charge in [0.15, 0.2) is 17.5 Å². The van der Waals surface area contributed by atoms with Crippen LogP contribution in [0.15, 0.2) is 47.5 Å². The van der Waals surface area contributed by atoms with Crippen molar-refractivity contribution in [3.05, 3.63) is 53.8 Å². The first-order chi connectivity index (χ1) is 14.1. The number of methoxy groups -OCH3 is 2. The van der Waals surface area contributed by atoms with Gasteiger partial charge in [0.05, 0.1) is 14.2 Å². The van der Waals surface area contributed by atoms with Crippen molar-refractivity contribution in [3.63, 3.8) is 0 Å². The zero-order valence-electron chi connectivity index (χ0n) is 17.1. The summed E-state index contributed by atoms with van der Waals surface area (Å²) >= 11 is 0. The number of hydrogen-bond acceptors (Lipinski definition) is 4. The van der Waals surface area contributed by atoms with E-state index < -0.39 is 0 Å². The van der Waals surface area contributed by atoms with Crippen LogP contribution >= 0.6 is 0 Å². The first-order valence-corrected chi connectivity index (χ1v) is 9.64. The van der Waals surface area contributed by atoms with Gasteiger partial charge in [0.2, 0.25) is 0 Å². The van der Waals surface area contributed by atoms with E-state index in [-0.39, 0.29) is 11.2 Å². The fraction of sp³-hybridized carbons (Fsp3) is 0.409. The summed E-state index contributed by atoms with van der Waals surface area (Å²) in [7, 11) is 4.92. The Bertz CT molecular complexity index is 851. The van der Waals surface area contributed by atoms with E-state index in [1.54, 1.807) is 33.4 Å². The molecule has 7 heteroatoms. The third kappa shape index (κ3) is 4.98. The van der Waals surface area contributed by atoms with Crippen LogP contribution in [0.4, 0.5) is 10.1 Å². The number of benzene rings is 2. The number of ether oxygens (including phenoxy) is 3. The Morgan fingerprint density at radius 2 is 1.86 bits per heavy atom. The predicted octanol–water partition coefficient (Wildman–Crippen LogP) is 3.58. The van der Waals surface area contributed by atoms with Crippen molar-refractivity contribution in [2.75, 3.05) is 46.3 Å². The molecule has 1 heterocycles. The Morgan fingerprint density at radius 3 is 2.52 bits per heavy atom. The highest BCUT2D eigenvalue weighted by Crippen LogP contribution is 2.35. The summed E-state index contributed by atoms with van der Waals surface area (Å²) in [6, 6.07) is 12.4. The molecule has 1 saturated heterocycles. The van der Waals surface area contributed by atoms with Crippen LogP contribution in [-0.4, -0.2) is 47.0 Å². The summed E-state index contributed by atoms with van der Waals surface area (Å²) in [5, 5.41) is 6.67. The van der Waals surface area contributed by atoms with Crippen molar-refractivity contribution in [2.24, 2.45) is 4.99 Å². The number of nitrogens with zero attached hydrogens (tertiary/aromatic N) is 1. The van der Waals surface area contributed by atoms with Gasteiger partial charge in [0, 0.05) is 44.0 Å². The van der Waals surface area contributed by atoms with E-state index in [2.05, 4.69) is 15.6 Å². The van der Waals surface area contributed by atoms with Crippen LogP contribution in [0.2, 0.25) is 0 Å². The minimum absolute atomic E-state index is 0.213. The van der Waals surface area contributed by atoms with Gasteiger partial charge >= 0.3 is 0 Å². The number of nitrogens with one attached hydrogen (secondary N) is 2. The quantitative estimate of drug-likeness (QED) is 0.572. The van der Waals surface area contributed by atoms with Crippen LogP contribution in [0.1, 0.15) is 18.4 Å². The molecule has 2 N–H and O–H groups in total. The highest BCUT2D eigenvalue weighted by atomic mass is 19.1. The molecule has 0 aromatic heterocycles. The largest absolute Gasteiger partial charge is 0.493 e. The zero-order valence-corrected chi connectivity index (χ0v) is 17.1. The molecule has 3 rings (SSSR count). The smallest absolute Gasteiger partial charge is 0.195 e. The molecule has 29 heavy (non-hydrogen) atoms. The van der Waals surface area contributed by atoms with Gasteiger partial charge in [-0.3, -0.25) is 4.99 Å². The predicted molar refractivity (Wildman–Crippen MR) is 113 cm³/mol. The lowest BCUT2D eigenvalue weighted by atomic mass is 9.74. The summed E-state index contributed by atoms with van der Waals surface area (Å²) in [4.78, 5) is 4.33. The Kier molecular flexibility index (Phi) is 6.93. The molecule has 1 aliphatic heterocycles. The van der Waals surface area contributed by atoms with Crippen molar-refractivity contribution in [1.29, 1.82) is 0 Å². The maximum atomic E-state index is 13.9. The second-order valence-electron chi connectivity index (χ2n) is 7.02. The number of guanidine groups is 1. The van der Waals surface area contributed by atoms with E-state index in [1.165, 1.54) is 6.07 Å². The number of rotatable bonds is 6. The minimum Gasteiger partial charge on any atom is -0.493 e. The molecule has 0 bridgehead atoms. The third-order valence-corrected chi connectivity index (χ3v) is 5.35.